The minimum atomic E-state index is -4.69. The zero-order chi connectivity index (χ0) is 16.5. The van der Waals surface area contributed by atoms with E-state index in [1.54, 1.807) is 0 Å². The van der Waals surface area contributed by atoms with Gasteiger partial charge in [-0.3, -0.25) is 0 Å². The normalized spacial score (nSPS) is 14.9. The average Bonchev–Trinajstić information content (AvgIpc) is 2.87. The molecule has 0 amide bonds. The summed E-state index contributed by atoms with van der Waals surface area (Å²) in [4.78, 5) is 1.06. The third kappa shape index (κ3) is 3.44. The highest BCUT2D eigenvalue weighted by Crippen LogP contribution is 2.32. The summed E-state index contributed by atoms with van der Waals surface area (Å²) in [6.07, 6.45) is -5.23. The molecule has 0 aliphatic heterocycles. The van der Waals surface area contributed by atoms with Gasteiger partial charge in [0, 0.05) is 12.0 Å². The molecule has 1 atom stereocenters. The number of benzene rings is 1. The van der Waals surface area contributed by atoms with Gasteiger partial charge in [0.15, 0.2) is 5.60 Å². The number of alkyl halides is 3. The zero-order valence-corrected chi connectivity index (χ0v) is 12.5. The van der Waals surface area contributed by atoms with Crippen molar-refractivity contribution in [3.63, 3.8) is 0 Å². The molecule has 1 aromatic heterocycles. The molecule has 0 unspecified atom stereocenters. The van der Waals surface area contributed by atoms with Gasteiger partial charge in [0.25, 0.3) is 0 Å². The Morgan fingerprint density at radius 2 is 1.86 bits per heavy atom. The minimum Gasteiger partial charge on any atom is -0.381 e. The molecule has 0 aliphatic carbocycles. The molecular weight excluding hydrogens is 297 g/mol. The van der Waals surface area contributed by atoms with Crippen LogP contribution in [-0.2, 0) is 6.54 Å². The van der Waals surface area contributed by atoms with Crippen molar-refractivity contribution in [1.29, 1.82) is 0 Å². The number of nitrogens with zero attached hydrogens (tertiary/aromatic N) is 4. The van der Waals surface area contributed by atoms with E-state index in [9.17, 15) is 18.3 Å². The quantitative estimate of drug-likeness (QED) is 0.942. The molecule has 22 heavy (non-hydrogen) atoms. The predicted octanol–water partition coefficient (Wildman–Crippen LogP) is 2.66. The molecule has 0 radical (unpaired) electrons. The Labute approximate surface area is 125 Å². The molecule has 2 rings (SSSR count). The first-order chi connectivity index (χ1) is 10.1. The van der Waals surface area contributed by atoms with Crippen LogP contribution in [0.4, 0.5) is 13.2 Å². The molecule has 0 saturated heterocycles. The number of hydrogen-bond donors (Lipinski definition) is 1. The van der Waals surface area contributed by atoms with Crippen LogP contribution in [0.25, 0.3) is 11.4 Å². The Balaban J connectivity index is 2.10. The van der Waals surface area contributed by atoms with Gasteiger partial charge in [-0.1, -0.05) is 12.1 Å². The lowest BCUT2D eigenvalue weighted by Crippen LogP contribution is -2.43. The Bertz CT molecular complexity index is 664. The fraction of sp³-hybridized carbons (Fsp3) is 0.500. The van der Waals surface area contributed by atoms with Crippen LogP contribution in [0.3, 0.4) is 0 Å². The molecule has 0 bridgehead atoms. The maximum absolute atomic E-state index is 12.6. The van der Waals surface area contributed by atoms with Gasteiger partial charge in [-0.25, -0.2) is 0 Å². The maximum atomic E-state index is 12.6. The van der Waals surface area contributed by atoms with Crippen LogP contribution in [0.2, 0.25) is 0 Å². The summed E-state index contributed by atoms with van der Waals surface area (Å²) < 4.78 is 37.7. The zero-order valence-electron chi connectivity index (χ0n) is 12.5. The molecule has 8 heteroatoms. The highest BCUT2D eigenvalue weighted by Gasteiger charge is 2.49. The molecule has 1 N–H and O–H groups in total. The van der Waals surface area contributed by atoms with Crippen molar-refractivity contribution in [2.45, 2.75) is 45.5 Å². The van der Waals surface area contributed by atoms with Crippen LogP contribution < -0.4 is 0 Å². The standard InChI is InChI=1S/C14H17F3N4O/c1-9-4-5-11(8-10(9)2)12-18-20-21(19-12)7-6-13(3,22)14(15,16)17/h4-5,8,22H,6-7H2,1-3H3/t13-/m1/s1. The summed E-state index contributed by atoms with van der Waals surface area (Å²) >= 11 is 0. The third-order valence-electron chi connectivity index (χ3n) is 3.63. The van der Waals surface area contributed by atoms with E-state index in [1.807, 2.05) is 32.0 Å². The van der Waals surface area contributed by atoms with Gasteiger partial charge in [-0.05, 0) is 43.2 Å². The second kappa shape index (κ2) is 5.68. The molecule has 0 fully saturated rings. The molecule has 0 spiro atoms. The van der Waals surface area contributed by atoms with E-state index in [1.165, 1.54) is 0 Å². The van der Waals surface area contributed by atoms with Gasteiger partial charge in [0.1, 0.15) is 0 Å². The summed E-state index contributed by atoms with van der Waals surface area (Å²) in [6, 6.07) is 5.64. The van der Waals surface area contributed by atoms with Gasteiger partial charge in [0.2, 0.25) is 5.82 Å². The van der Waals surface area contributed by atoms with E-state index < -0.39 is 18.2 Å². The number of aryl methyl sites for hydroxylation is 3. The Kier molecular flexibility index (Phi) is 4.23. The van der Waals surface area contributed by atoms with Gasteiger partial charge in [-0.15, -0.1) is 10.2 Å². The monoisotopic (exact) mass is 314 g/mol. The second-order valence-corrected chi connectivity index (χ2v) is 5.53. The van der Waals surface area contributed by atoms with Crippen molar-refractivity contribution in [3.05, 3.63) is 29.3 Å². The Morgan fingerprint density at radius 1 is 1.18 bits per heavy atom. The van der Waals surface area contributed by atoms with Crippen molar-refractivity contribution in [1.82, 2.24) is 20.2 Å². The minimum absolute atomic E-state index is 0.176. The smallest absolute Gasteiger partial charge is 0.381 e. The maximum Gasteiger partial charge on any atom is 0.416 e. The van der Waals surface area contributed by atoms with E-state index in [4.69, 9.17) is 0 Å². The Hall–Kier alpha value is -1.96. The topological polar surface area (TPSA) is 63.8 Å². The van der Waals surface area contributed by atoms with E-state index in [0.717, 1.165) is 28.4 Å². The number of halogens is 3. The number of aromatic nitrogens is 4. The lowest BCUT2D eigenvalue weighted by atomic mass is 10.0. The highest BCUT2D eigenvalue weighted by atomic mass is 19.4. The summed E-state index contributed by atoms with van der Waals surface area (Å²) in [5, 5.41) is 21.0. The van der Waals surface area contributed by atoms with Gasteiger partial charge >= 0.3 is 6.18 Å². The fourth-order valence-electron chi connectivity index (χ4n) is 1.79. The molecule has 0 aliphatic rings. The van der Waals surface area contributed by atoms with Crippen molar-refractivity contribution in [2.24, 2.45) is 0 Å². The van der Waals surface area contributed by atoms with Gasteiger partial charge in [-0.2, -0.15) is 18.0 Å². The predicted molar refractivity (Wildman–Crippen MR) is 74.0 cm³/mol. The first kappa shape index (κ1) is 16.4. The number of tetrazole rings is 1. The third-order valence-corrected chi connectivity index (χ3v) is 3.63. The number of hydrogen-bond acceptors (Lipinski definition) is 4. The van der Waals surface area contributed by atoms with Crippen LogP contribution in [0, 0.1) is 13.8 Å². The van der Waals surface area contributed by atoms with E-state index in [2.05, 4.69) is 15.4 Å². The van der Waals surface area contributed by atoms with Gasteiger partial charge in [0.05, 0.1) is 6.54 Å². The van der Waals surface area contributed by atoms with Crippen LogP contribution in [0.15, 0.2) is 18.2 Å². The van der Waals surface area contributed by atoms with Crippen LogP contribution in [0.5, 0.6) is 0 Å². The molecule has 2 aromatic rings. The average molecular weight is 314 g/mol. The first-order valence-electron chi connectivity index (χ1n) is 6.75. The largest absolute Gasteiger partial charge is 0.416 e. The summed E-state index contributed by atoms with van der Waals surface area (Å²) in [5.74, 6) is 0.342. The van der Waals surface area contributed by atoms with Crippen LogP contribution >= 0.6 is 0 Å². The molecular formula is C14H17F3N4O. The van der Waals surface area contributed by atoms with Crippen molar-refractivity contribution in [3.8, 4) is 11.4 Å². The Morgan fingerprint density at radius 3 is 2.45 bits per heavy atom. The molecule has 5 nitrogen and oxygen atoms in total. The summed E-state index contributed by atoms with van der Waals surface area (Å²) in [5.41, 5.74) is 0.157. The molecule has 120 valence electrons. The molecule has 1 aromatic carbocycles. The summed E-state index contributed by atoms with van der Waals surface area (Å²) in [6.45, 7) is 4.48. The summed E-state index contributed by atoms with van der Waals surface area (Å²) in [7, 11) is 0. The highest BCUT2D eigenvalue weighted by molar-refractivity contribution is 5.56. The van der Waals surface area contributed by atoms with Crippen LogP contribution in [0.1, 0.15) is 24.5 Å². The lowest BCUT2D eigenvalue weighted by Gasteiger charge is -2.25. The van der Waals surface area contributed by atoms with E-state index in [0.29, 0.717) is 5.82 Å². The van der Waals surface area contributed by atoms with Crippen molar-refractivity contribution < 1.29 is 18.3 Å². The lowest BCUT2D eigenvalue weighted by molar-refractivity contribution is -0.256. The van der Waals surface area contributed by atoms with Crippen molar-refractivity contribution in [2.75, 3.05) is 0 Å². The van der Waals surface area contributed by atoms with E-state index in [-0.39, 0.29) is 6.54 Å². The second-order valence-electron chi connectivity index (χ2n) is 5.53. The molecule has 0 saturated carbocycles. The van der Waals surface area contributed by atoms with Crippen LogP contribution in [-0.4, -0.2) is 37.1 Å². The van der Waals surface area contributed by atoms with Gasteiger partial charge < -0.3 is 5.11 Å². The number of rotatable bonds is 4. The van der Waals surface area contributed by atoms with E-state index >= 15 is 0 Å². The first-order valence-corrected chi connectivity index (χ1v) is 6.75. The number of aliphatic hydroxyl groups is 1. The molecule has 1 heterocycles. The van der Waals surface area contributed by atoms with Crippen molar-refractivity contribution >= 4 is 0 Å². The fourth-order valence-corrected chi connectivity index (χ4v) is 1.79. The SMILES string of the molecule is Cc1ccc(-c2nnn(CC[C@@](C)(O)C(F)(F)F)n2)cc1C.